The summed E-state index contributed by atoms with van der Waals surface area (Å²) in [7, 11) is 0. The maximum absolute atomic E-state index is 11.9. The molecule has 1 saturated heterocycles. The van der Waals surface area contributed by atoms with Crippen LogP contribution in [0.1, 0.15) is 29.8 Å². The fourth-order valence-electron chi connectivity index (χ4n) is 2.37. The molecule has 1 amide bonds. The third-order valence-electron chi connectivity index (χ3n) is 3.38. The van der Waals surface area contributed by atoms with E-state index >= 15 is 0 Å². The molecule has 1 unspecified atom stereocenters. The highest BCUT2D eigenvalue weighted by Crippen LogP contribution is 2.12. The van der Waals surface area contributed by atoms with Gasteiger partial charge < -0.3 is 15.6 Å². The number of amides is 1. The highest BCUT2D eigenvalue weighted by atomic mass is 16.1. The Kier molecular flexibility index (Phi) is 3.84. The first-order valence-corrected chi connectivity index (χ1v) is 6.30. The lowest BCUT2D eigenvalue weighted by Crippen LogP contribution is -2.40. The fraction of sp³-hybridized carbons (Fsp3) is 0.615. The second kappa shape index (κ2) is 5.36. The lowest BCUT2D eigenvalue weighted by atomic mass is 9.99. The van der Waals surface area contributed by atoms with E-state index in [1.807, 2.05) is 13.8 Å². The Morgan fingerprint density at radius 3 is 2.94 bits per heavy atom. The Hall–Kier alpha value is -1.29. The molecule has 1 aromatic heterocycles. The van der Waals surface area contributed by atoms with Gasteiger partial charge in [0.05, 0.1) is 5.92 Å². The fourth-order valence-corrected chi connectivity index (χ4v) is 2.37. The first-order chi connectivity index (χ1) is 8.16. The first-order valence-electron chi connectivity index (χ1n) is 6.30. The number of rotatable bonds is 3. The summed E-state index contributed by atoms with van der Waals surface area (Å²) in [5.41, 5.74) is 3.47. The van der Waals surface area contributed by atoms with Gasteiger partial charge in [0.2, 0.25) is 5.91 Å². The topological polar surface area (TPSA) is 56.9 Å². The molecule has 4 nitrogen and oxygen atoms in total. The van der Waals surface area contributed by atoms with Crippen molar-refractivity contribution < 1.29 is 4.79 Å². The maximum atomic E-state index is 11.9. The average molecular weight is 235 g/mol. The largest absolute Gasteiger partial charge is 0.362 e. The van der Waals surface area contributed by atoms with E-state index in [2.05, 4.69) is 21.7 Å². The van der Waals surface area contributed by atoms with Crippen LogP contribution in [0.25, 0.3) is 0 Å². The van der Waals surface area contributed by atoms with Gasteiger partial charge in [0.1, 0.15) is 0 Å². The van der Waals surface area contributed by atoms with E-state index in [0.717, 1.165) is 37.3 Å². The highest BCUT2D eigenvalue weighted by molar-refractivity contribution is 5.79. The van der Waals surface area contributed by atoms with Crippen molar-refractivity contribution in [2.75, 3.05) is 13.1 Å². The summed E-state index contributed by atoms with van der Waals surface area (Å²) in [6, 6.07) is 2.09. The predicted molar refractivity (Wildman–Crippen MR) is 67.7 cm³/mol. The Morgan fingerprint density at radius 1 is 1.53 bits per heavy atom. The summed E-state index contributed by atoms with van der Waals surface area (Å²) in [6.45, 7) is 6.56. The van der Waals surface area contributed by atoms with E-state index in [9.17, 15) is 4.79 Å². The molecule has 1 fully saturated rings. The van der Waals surface area contributed by atoms with Crippen LogP contribution in [0.2, 0.25) is 0 Å². The third kappa shape index (κ3) is 3.09. The molecule has 2 heterocycles. The molecule has 1 atom stereocenters. The van der Waals surface area contributed by atoms with Gasteiger partial charge in [-0.05, 0) is 44.9 Å². The molecule has 94 valence electrons. The van der Waals surface area contributed by atoms with Crippen molar-refractivity contribution in [2.24, 2.45) is 5.92 Å². The number of hydrogen-bond donors (Lipinski definition) is 3. The summed E-state index contributed by atoms with van der Waals surface area (Å²) < 4.78 is 0. The van der Waals surface area contributed by atoms with Crippen molar-refractivity contribution in [3.8, 4) is 0 Å². The minimum atomic E-state index is 0.143. The van der Waals surface area contributed by atoms with Crippen molar-refractivity contribution in [1.82, 2.24) is 15.6 Å². The Balaban J connectivity index is 1.85. The molecule has 0 spiro atoms. The standard InChI is InChI=1S/C13H21N3O/c1-9-6-12(10(2)16-9)8-15-13(17)11-4-3-5-14-7-11/h6,11,14,16H,3-5,7-8H2,1-2H3,(H,15,17). The van der Waals surface area contributed by atoms with Gasteiger partial charge in [0.25, 0.3) is 0 Å². The molecule has 0 aliphatic carbocycles. The number of aromatic nitrogens is 1. The molecule has 1 aliphatic heterocycles. The van der Waals surface area contributed by atoms with Crippen molar-refractivity contribution in [1.29, 1.82) is 0 Å². The number of aromatic amines is 1. The smallest absolute Gasteiger partial charge is 0.224 e. The molecule has 4 heteroatoms. The highest BCUT2D eigenvalue weighted by Gasteiger charge is 2.20. The van der Waals surface area contributed by atoms with E-state index in [-0.39, 0.29) is 11.8 Å². The van der Waals surface area contributed by atoms with Crippen molar-refractivity contribution in [2.45, 2.75) is 33.2 Å². The van der Waals surface area contributed by atoms with Crippen molar-refractivity contribution >= 4 is 5.91 Å². The molecular weight excluding hydrogens is 214 g/mol. The van der Waals surface area contributed by atoms with Crippen LogP contribution in [0.4, 0.5) is 0 Å². The number of aryl methyl sites for hydroxylation is 2. The lowest BCUT2D eigenvalue weighted by Gasteiger charge is -2.21. The summed E-state index contributed by atoms with van der Waals surface area (Å²) >= 11 is 0. The number of carbonyl (C=O) groups is 1. The van der Waals surface area contributed by atoms with Gasteiger partial charge in [-0.2, -0.15) is 0 Å². The molecular formula is C13H21N3O. The van der Waals surface area contributed by atoms with Gasteiger partial charge in [0.15, 0.2) is 0 Å². The molecule has 0 radical (unpaired) electrons. The van der Waals surface area contributed by atoms with Crippen LogP contribution in [0.15, 0.2) is 6.07 Å². The van der Waals surface area contributed by atoms with E-state index in [0.29, 0.717) is 6.54 Å². The quantitative estimate of drug-likeness (QED) is 0.738. The maximum Gasteiger partial charge on any atom is 0.224 e. The second-order valence-electron chi connectivity index (χ2n) is 4.86. The number of hydrogen-bond acceptors (Lipinski definition) is 2. The number of piperidine rings is 1. The third-order valence-corrected chi connectivity index (χ3v) is 3.38. The normalized spacial score (nSPS) is 20.2. The van der Waals surface area contributed by atoms with Crippen LogP contribution in [-0.4, -0.2) is 24.0 Å². The Labute approximate surface area is 102 Å². The van der Waals surface area contributed by atoms with Gasteiger partial charge in [-0.3, -0.25) is 4.79 Å². The monoisotopic (exact) mass is 235 g/mol. The summed E-state index contributed by atoms with van der Waals surface area (Å²) in [6.07, 6.45) is 2.10. The van der Waals surface area contributed by atoms with E-state index in [1.54, 1.807) is 0 Å². The molecule has 1 aromatic rings. The Morgan fingerprint density at radius 2 is 2.35 bits per heavy atom. The SMILES string of the molecule is Cc1cc(CNC(=O)C2CCCNC2)c(C)[nH]1. The van der Waals surface area contributed by atoms with Crippen LogP contribution >= 0.6 is 0 Å². The van der Waals surface area contributed by atoms with Crippen LogP contribution in [0.3, 0.4) is 0 Å². The minimum absolute atomic E-state index is 0.143. The molecule has 1 aliphatic rings. The van der Waals surface area contributed by atoms with Crippen LogP contribution in [0, 0.1) is 19.8 Å². The number of carbonyl (C=O) groups excluding carboxylic acids is 1. The summed E-state index contributed by atoms with van der Waals surface area (Å²) in [4.78, 5) is 15.2. The number of nitrogens with one attached hydrogen (secondary N) is 3. The van der Waals surface area contributed by atoms with E-state index < -0.39 is 0 Å². The second-order valence-corrected chi connectivity index (χ2v) is 4.86. The van der Waals surface area contributed by atoms with Gasteiger partial charge in [-0.15, -0.1) is 0 Å². The predicted octanol–water partition coefficient (Wildman–Crippen LogP) is 1.25. The number of H-pyrrole nitrogens is 1. The summed E-state index contributed by atoms with van der Waals surface area (Å²) in [5.74, 6) is 0.319. The van der Waals surface area contributed by atoms with Crippen LogP contribution < -0.4 is 10.6 Å². The van der Waals surface area contributed by atoms with Gasteiger partial charge in [-0.25, -0.2) is 0 Å². The zero-order valence-electron chi connectivity index (χ0n) is 10.6. The molecule has 0 aromatic carbocycles. The average Bonchev–Trinajstić information content (AvgIpc) is 2.66. The van der Waals surface area contributed by atoms with E-state index in [4.69, 9.17) is 0 Å². The van der Waals surface area contributed by atoms with Crippen LogP contribution in [0.5, 0.6) is 0 Å². The molecule has 0 saturated carbocycles. The van der Waals surface area contributed by atoms with Crippen molar-refractivity contribution in [3.05, 3.63) is 23.0 Å². The van der Waals surface area contributed by atoms with Gasteiger partial charge in [-0.1, -0.05) is 0 Å². The zero-order valence-corrected chi connectivity index (χ0v) is 10.6. The molecule has 17 heavy (non-hydrogen) atoms. The van der Waals surface area contributed by atoms with Crippen molar-refractivity contribution in [3.63, 3.8) is 0 Å². The molecule has 3 N–H and O–H groups in total. The van der Waals surface area contributed by atoms with Gasteiger partial charge >= 0.3 is 0 Å². The Bertz CT molecular complexity index is 391. The van der Waals surface area contributed by atoms with E-state index in [1.165, 1.54) is 5.56 Å². The van der Waals surface area contributed by atoms with Crippen LogP contribution in [-0.2, 0) is 11.3 Å². The summed E-state index contributed by atoms with van der Waals surface area (Å²) in [5, 5.41) is 6.29. The minimum Gasteiger partial charge on any atom is -0.362 e. The van der Waals surface area contributed by atoms with Gasteiger partial charge in [0, 0.05) is 24.5 Å². The zero-order chi connectivity index (χ0) is 12.3. The first kappa shape index (κ1) is 12.2. The lowest BCUT2D eigenvalue weighted by molar-refractivity contribution is -0.125. The molecule has 2 rings (SSSR count). The molecule has 0 bridgehead atoms.